The fourth-order valence-corrected chi connectivity index (χ4v) is 1.40. The molecule has 0 aromatic rings. The van der Waals surface area contributed by atoms with Gasteiger partial charge in [0.05, 0.1) is 0 Å². The Labute approximate surface area is 62.1 Å². The van der Waals surface area contributed by atoms with Crippen molar-refractivity contribution >= 4 is 6.29 Å². The lowest BCUT2D eigenvalue weighted by atomic mass is 10.0. The standard InChI is InChI=1S/C9H14O/c10-8-4-3-7-9-5-1-2-6-9/h1,5,8-9H,2-4,6-7H2. The Morgan fingerprint density at radius 3 is 3.10 bits per heavy atom. The van der Waals surface area contributed by atoms with E-state index < -0.39 is 0 Å². The van der Waals surface area contributed by atoms with Crippen molar-refractivity contribution in [2.45, 2.75) is 32.1 Å². The average Bonchev–Trinajstić information content (AvgIpc) is 2.41. The molecule has 0 aromatic carbocycles. The molecule has 1 atom stereocenters. The summed E-state index contributed by atoms with van der Waals surface area (Å²) in [5, 5.41) is 0. The molecule has 0 N–H and O–H groups in total. The van der Waals surface area contributed by atoms with E-state index >= 15 is 0 Å². The van der Waals surface area contributed by atoms with Gasteiger partial charge in [-0.15, -0.1) is 0 Å². The molecule has 1 rings (SSSR count). The molecule has 10 heavy (non-hydrogen) atoms. The topological polar surface area (TPSA) is 17.1 Å². The Morgan fingerprint density at radius 2 is 2.50 bits per heavy atom. The van der Waals surface area contributed by atoms with E-state index in [0.717, 1.165) is 25.0 Å². The summed E-state index contributed by atoms with van der Waals surface area (Å²) in [7, 11) is 0. The molecule has 56 valence electrons. The first-order chi connectivity index (χ1) is 4.93. The molecule has 1 unspecified atom stereocenters. The molecule has 0 amide bonds. The van der Waals surface area contributed by atoms with E-state index in [2.05, 4.69) is 12.2 Å². The van der Waals surface area contributed by atoms with Crippen LogP contribution in [0.4, 0.5) is 0 Å². The van der Waals surface area contributed by atoms with Crippen LogP contribution in [0.15, 0.2) is 12.2 Å². The van der Waals surface area contributed by atoms with E-state index in [1.807, 2.05) is 0 Å². The molecule has 1 heteroatoms. The Balaban J connectivity index is 2.02. The lowest BCUT2D eigenvalue weighted by Crippen LogP contribution is -1.91. The van der Waals surface area contributed by atoms with E-state index in [-0.39, 0.29) is 0 Å². The molecule has 0 radical (unpaired) electrons. The van der Waals surface area contributed by atoms with Gasteiger partial charge in [-0.25, -0.2) is 0 Å². The van der Waals surface area contributed by atoms with Gasteiger partial charge in [-0.3, -0.25) is 0 Å². The molecular formula is C9H14O. The van der Waals surface area contributed by atoms with Crippen LogP contribution >= 0.6 is 0 Å². The first kappa shape index (κ1) is 7.52. The van der Waals surface area contributed by atoms with Crippen molar-refractivity contribution in [1.82, 2.24) is 0 Å². The lowest BCUT2D eigenvalue weighted by Gasteiger charge is -2.03. The second kappa shape index (κ2) is 4.26. The largest absolute Gasteiger partial charge is 0.303 e. The highest BCUT2D eigenvalue weighted by atomic mass is 16.1. The number of carbonyl (C=O) groups excluding carboxylic acids is 1. The van der Waals surface area contributed by atoms with Crippen LogP contribution in [0.1, 0.15) is 32.1 Å². The van der Waals surface area contributed by atoms with Gasteiger partial charge in [0.2, 0.25) is 0 Å². The zero-order valence-electron chi connectivity index (χ0n) is 6.25. The number of carbonyl (C=O) groups is 1. The number of aldehydes is 1. The summed E-state index contributed by atoms with van der Waals surface area (Å²) in [6, 6.07) is 0. The van der Waals surface area contributed by atoms with Crippen molar-refractivity contribution < 1.29 is 4.79 Å². The molecule has 0 heterocycles. The summed E-state index contributed by atoms with van der Waals surface area (Å²) < 4.78 is 0. The summed E-state index contributed by atoms with van der Waals surface area (Å²) in [6.45, 7) is 0. The van der Waals surface area contributed by atoms with E-state index in [1.165, 1.54) is 19.3 Å². The van der Waals surface area contributed by atoms with E-state index in [1.54, 1.807) is 0 Å². The summed E-state index contributed by atoms with van der Waals surface area (Å²) in [5.41, 5.74) is 0. The van der Waals surface area contributed by atoms with Gasteiger partial charge in [0.1, 0.15) is 6.29 Å². The van der Waals surface area contributed by atoms with Crippen LogP contribution < -0.4 is 0 Å². The number of allylic oxidation sites excluding steroid dienone is 2. The maximum absolute atomic E-state index is 9.96. The highest BCUT2D eigenvalue weighted by Gasteiger charge is 2.07. The molecule has 1 aliphatic carbocycles. The molecular weight excluding hydrogens is 124 g/mol. The number of hydrogen-bond donors (Lipinski definition) is 0. The lowest BCUT2D eigenvalue weighted by molar-refractivity contribution is -0.107. The van der Waals surface area contributed by atoms with Crippen molar-refractivity contribution in [2.75, 3.05) is 0 Å². The van der Waals surface area contributed by atoms with Gasteiger partial charge in [-0.05, 0) is 31.6 Å². The van der Waals surface area contributed by atoms with Gasteiger partial charge in [0.25, 0.3) is 0 Å². The maximum Gasteiger partial charge on any atom is 0.119 e. The van der Waals surface area contributed by atoms with Gasteiger partial charge in [-0.2, -0.15) is 0 Å². The minimum Gasteiger partial charge on any atom is -0.303 e. The fourth-order valence-electron chi connectivity index (χ4n) is 1.40. The zero-order chi connectivity index (χ0) is 7.23. The average molecular weight is 138 g/mol. The Hall–Kier alpha value is -0.590. The van der Waals surface area contributed by atoms with Crippen molar-refractivity contribution in [1.29, 1.82) is 0 Å². The minimum absolute atomic E-state index is 0.740. The fraction of sp³-hybridized carbons (Fsp3) is 0.667. The van der Waals surface area contributed by atoms with Crippen LogP contribution in [0, 0.1) is 5.92 Å². The summed E-state index contributed by atoms with van der Waals surface area (Å²) in [5.74, 6) is 0.778. The van der Waals surface area contributed by atoms with Gasteiger partial charge in [0, 0.05) is 6.42 Å². The molecule has 0 spiro atoms. The number of hydrogen-bond acceptors (Lipinski definition) is 1. The summed E-state index contributed by atoms with van der Waals surface area (Å²) >= 11 is 0. The van der Waals surface area contributed by atoms with Crippen LogP contribution in [0.25, 0.3) is 0 Å². The number of unbranched alkanes of at least 4 members (excludes halogenated alkanes) is 1. The monoisotopic (exact) mass is 138 g/mol. The third kappa shape index (κ3) is 2.34. The van der Waals surface area contributed by atoms with Gasteiger partial charge < -0.3 is 4.79 Å². The predicted molar refractivity (Wildman–Crippen MR) is 41.8 cm³/mol. The maximum atomic E-state index is 9.96. The normalized spacial score (nSPS) is 23.4. The Kier molecular flexibility index (Phi) is 3.20. The molecule has 0 fully saturated rings. The van der Waals surface area contributed by atoms with Gasteiger partial charge in [-0.1, -0.05) is 12.2 Å². The quantitative estimate of drug-likeness (QED) is 0.331. The number of rotatable bonds is 4. The predicted octanol–water partition coefficient (Wildman–Crippen LogP) is 2.32. The highest BCUT2D eigenvalue weighted by molar-refractivity contribution is 5.48. The van der Waals surface area contributed by atoms with Gasteiger partial charge in [0.15, 0.2) is 0 Å². The van der Waals surface area contributed by atoms with Crippen LogP contribution in [0.2, 0.25) is 0 Å². The highest BCUT2D eigenvalue weighted by Crippen LogP contribution is 2.21. The SMILES string of the molecule is O=CCCCC1C=CCC1. The Bertz CT molecular complexity index is 127. The molecule has 0 bridgehead atoms. The molecule has 0 aliphatic heterocycles. The van der Waals surface area contributed by atoms with Crippen LogP contribution in [0.3, 0.4) is 0 Å². The molecule has 0 saturated carbocycles. The van der Waals surface area contributed by atoms with Gasteiger partial charge >= 0.3 is 0 Å². The third-order valence-electron chi connectivity index (χ3n) is 2.01. The third-order valence-corrected chi connectivity index (χ3v) is 2.01. The van der Waals surface area contributed by atoms with E-state index in [4.69, 9.17) is 0 Å². The van der Waals surface area contributed by atoms with Crippen LogP contribution in [0.5, 0.6) is 0 Å². The van der Waals surface area contributed by atoms with Crippen molar-refractivity contribution in [3.05, 3.63) is 12.2 Å². The second-order valence-corrected chi connectivity index (χ2v) is 2.86. The van der Waals surface area contributed by atoms with E-state index in [0.29, 0.717) is 0 Å². The van der Waals surface area contributed by atoms with Crippen LogP contribution in [-0.2, 0) is 4.79 Å². The zero-order valence-corrected chi connectivity index (χ0v) is 6.25. The first-order valence-electron chi connectivity index (χ1n) is 4.04. The second-order valence-electron chi connectivity index (χ2n) is 2.86. The van der Waals surface area contributed by atoms with Crippen molar-refractivity contribution in [2.24, 2.45) is 5.92 Å². The smallest absolute Gasteiger partial charge is 0.119 e. The molecule has 0 saturated heterocycles. The minimum atomic E-state index is 0.740. The summed E-state index contributed by atoms with van der Waals surface area (Å²) in [6.07, 6.45) is 11.1. The first-order valence-corrected chi connectivity index (χ1v) is 4.04. The van der Waals surface area contributed by atoms with Crippen molar-refractivity contribution in [3.63, 3.8) is 0 Å². The summed E-state index contributed by atoms with van der Waals surface area (Å²) in [4.78, 5) is 9.96. The van der Waals surface area contributed by atoms with Crippen LogP contribution in [-0.4, -0.2) is 6.29 Å². The molecule has 0 aromatic heterocycles. The Morgan fingerprint density at radius 1 is 1.60 bits per heavy atom. The molecule has 1 aliphatic rings. The van der Waals surface area contributed by atoms with Crippen molar-refractivity contribution in [3.8, 4) is 0 Å². The van der Waals surface area contributed by atoms with E-state index in [9.17, 15) is 4.79 Å². The molecule has 1 nitrogen and oxygen atoms in total.